The lowest BCUT2D eigenvalue weighted by Gasteiger charge is -2.06. The summed E-state index contributed by atoms with van der Waals surface area (Å²) in [6, 6.07) is 13.4. The fourth-order valence-corrected chi connectivity index (χ4v) is 2.00. The standard InChI is InChI=1S/C15H12FN3O/c16-11-5-3-4-10(8-11)9-17-15-18-13-7-2-1-6-12(13)14(20)19-15/h1-8H,9H2,(H2,17,18,19,20). The van der Waals surface area contributed by atoms with Crippen LogP contribution in [0.1, 0.15) is 5.56 Å². The quantitative estimate of drug-likeness (QED) is 0.768. The number of para-hydroxylation sites is 1. The summed E-state index contributed by atoms with van der Waals surface area (Å²) in [6.45, 7) is 0.388. The van der Waals surface area contributed by atoms with Gasteiger partial charge in [-0.3, -0.25) is 9.78 Å². The van der Waals surface area contributed by atoms with Gasteiger partial charge in [-0.25, -0.2) is 9.37 Å². The number of anilines is 1. The van der Waals surface area contributed by atoms with Crippen molar-refractivity contribution in [1.29, 1.82) is 0 Å². The van der Waals surface area contributed by atoms with Crippen LogP contribution in [-0.4, -0.2) is 9.97 Å². The van der Waals surface area contributed by atoms with Crippen LogP contribution < -0.4 is 10.9 Å². The largest absolute Gasteiger partial charge is 0.352 e. The summed E-state index contributed by atoms with van der Waals surface area (Å²) in [5, 5.41) is 3.53. The van der Waals surface area contributed by atoms with Crippen LogP contribution in [0.2, 0.25) is 0 Å². The number of hydrogen-bond acceptors (Lipinski definition) is 3. The Morgan fingerprint density at radius 1 is 1.15 bits per heavy atom. The van der Waals surface area contributed by atoms with Crippen LogP contribution in [0.4, 0.5) is 10.3 Å². The first-order valence-electron chi connectivity index (χ1n) is 6.20. The maximum absolute atomic E-state index is 13.1. The van der Waals surface area contributed by atoms with Gasteiger partial charge in [0.1, 0.15) is 5.82 Å². The van der Waals surface area contributed by atoms with E-state index in [1.165, 1.54) is 12.1 Å². The van der Waals surface area contributed by atoms with E-state index in [1.807, 2.05) is 6.07 Å². The Balaban J connectivity index is 1.86. The number of aromatic nitrogens is 2. The third kappa shape index (κ3) is 2.51. The molecule has 100 valence electrons. The molecule has 0 atom stereocenters. The summed E-state index contributed by atoms with van der Waals surface area (Å²) >= 11 is 0. The second-order valence-corrected chi connectivity index (χ2v) is 4.42. The van der Waals surface area contributed by atoms with Crippen molar-refractivity contribution >= 4 is 16.9 Å². The molecule has 2 N–H and O–H groups in total. The second kappa shape index (κ2) is 5.13. The predicted molar refractivity (Wildman–Crippen MR) is 76.1 cm³/mol. The van der Waals surface area contributed by atoms with Crippen LogP contribution in [0.25, 0.3) is 10.9 Å². The van der Waals surface area contributed by atoms with E-state index in [0.29, 0.717) is 23.4 Å². The van der Waals surface area contributed by atoms with Crippen molar-refractivity contribution in [2.75, 3.05) is 5.32 Å². The van der Waals surface area contributed by atoms with Crippen LogP contribution >= 0.6 is 0 Å². The predicted octanol–water partition coefficient (Wildman–Crippen LogP) is 2.67. The van der Waals surface area contributed by atoms with E-state index in [9.17, 15) is 9.18 Å². The number of aromatic amines is 1. The molecule has 1 aromatic heterocycles. The summed E-state index contributed by atoms with van der Waals surface area (Å²) in [5.41, 5.74) is 1.20. The fraction of sp³-hybridized carbons (Fsp3) is 0.0667. The third-order valence-corrected chi connectivity index (χ3v) is 2.96. The normalized spacial score (nSPS) is 10.7. The molecule has 3 aromatic rings. The lowest BCUT2D eigenvalue weighted by atomic mass is 10.2. The number of rotatable bonds is 3. The molecule has 5 heteroatoms. The van der Waals surface area contributed by atoms with Crippen LogP contribution in [0, 0.1) is 5.82 Å². The number of benzene rings is 2. The number of nitrogens with one attached hydrogen (secondary N) is 2. The SMILES string of the molecule is O=c1[nH]c(NCc2cccc(F)c2)nc2ccccc12. The topological polar surface area (TPSA) is 57.8 Å². The lowest BCUT2D eigenvalue weighted by Crippen LogP contribution is -2.13. The molecule has 0 bridgehead atoms. The van der Waals surface area contributed by atoms with E-state index in [4.69, 9.17) is 0 Å². The first-order chi connectivity index (χ1) is 9.72. The highest BCUT2D eigenvalue weighted by atomic mass is 19.1. The van der Waals surface area contributed by atoms with Gasteiger partial charge >= 0.3 is 0 Å². The second-order valence-electron chi connectivity index (χ2n) is 4.42. The average Bonchev–Trinajstić information content (AvgIpc) is 2.45. The van der Waals surface area contributed by atoms with Gasteiger partial charge in [-0.15, -0.1) is 0 Å². The molecule has 0 amide bonds. The van der Waals surface area contributed by atoms with Gasteiger partial charge in [-0.1, -0.05) is 24.3 Å². The maximum Gasteiger partial charge on any atom is 0.260 e. The van der Waals surface area contributed by atoms with Gasteiger partial charge in [0.15, 0.2) is 0 Å². The molecule has 0 fully saturated rings. The fourth-order valence-electron chi connectivity index (χ4n) is 2.00. The molecule has 0 saturated heterocycles. The van der Waals surface area contributed by atoms with Crippen LogP contribution in [0.15, 0.2) is 53.3 Å². The van der Waals surface area contributed by atoms with E-state index in [1.54, 1.807) is 30.3 Å². The minimum absolute atomic E-state index is 0.197. The molecule has 0 aliphatic rings. The summed E-state index contributed by atoms with van der Waals surface area (Å²) in [4.78, 5) is 18.8. The van der Waals surface area contributed by atoms with Crippen LogP contribution in [0.3, 0.4) is 0 Å². The number of H-pyrrole nitrogens is 1. The van der Waals surface area contributed by atoms with Gasteiger partial charge in [-0.05, 0) is 29.8 Å². The molecular formula is C15H12FN3O. The van der Waals surface area contributed by atoms with Gasteiger partial charge < -0.3 is 5.32 Å². The molecule has 3 rings (SSSR count). The summed E-state index contributed by atoms with van der Waals surface area (Å²) in [6.07, 6.45) is 0. The van der Waals surface area contributed by atoms with Gasteiger partial charge in [0.25, 0.3) is 5.56 Å². The Hall–Kier alpha value is -2.69. The Morgan fingerprint density at radius 2 is 2.00 bits per heavy atom. The Kier molecular flexibility index (Phi) is 3.16. The van der Waals surface area contributed by atoms with Crippen molar-refractivity contribution in [2.45, 2.75) is 6.54 Å². The first-order valence-corrected chi connectivity index (χ1v) is 6.20. The van der Waals surface area contributed by atoms with Gasteiger partial charge in [0, 0.05) is 6.54 Å². The number of fused-ring (bicyclic) bond motifs is 1. The van der Waals surface area contributed by atoms with Crippen molar-refractivity contribution in [3.05, 3.63) is 70.3 Å². The average molecular weight is 269 g/mol. The molecule has 20 heavy (non-hydrogen) atoms. The molecule has 0 spiro atoms. The molecule has 2 aromatic carbocycles. The Labute approximate surface area is 114 Å². The van der Waals surface area contributed by atoms with E-state index in [0.717, 1.165) is 5.56 Å². The summed E-state index contributed by atoms with van der Waals surface area (Å²) < 4.78 is 13.1. The number of halogens is 1. The zero-order valence-corrected chi connectivity index (χ0v) is 10.6. The van der Waals surface area contributed by atoms with Crippen LogP contribution in [0.5, 0.6) is 0 Å². The van der Waals surface area contributed by atoms with Crippen LogP contribution in [-0.2, 0) is 6.54 Å². The number of nitrogens with zero attached hydrogens (tertiary/aromatic N) is 1. The highest BCUT2D eigenvalue weighted by molar-refractivity contribution is 5.78. The van der Waals surface area contributed by atoms with Crippen molar-refractivity contribution in [1.82, 2.24) is 9.97 Å². The maximum atomic E-state index is 13.1. The summed E-state index contributed by atoms with van der Waals surface area (Å²) in [5.74, 6) is 0.0854. The van der Waals surface area contributed by atoms with Gasteiger partial charge in [0.2, 0.25) is 5.95 Å². The zero-order valence-electron chi connectivity index (χ0n) is 10.6. The van der Waals surface area contributed by atoms with Gasteiger partial charge in [-0.2, -0.15) is 0 Å². The molecule has 0 saturated carbocycles. The van der Waals surface area contributed by atoms with Crippen molar-refractivity contribution in [2.24, 2.45) is 0 Å². The van der Waals surface area contributed by atoms with Gasteiger partial charge in [0.05, 0.1) is 10.9 Å². The lowest BCUT2D eigenvalue weighted by molar-refractivity contribution is 0.626. The van der Waals surface area contributed by atoms with Crippen molar-refractivity contribution in [3.63, 3.8) is 0 Å². The molecule has 0 aliphatic heterocycles. The van der Waals surface area contributed by atoms with Crippen molar-refractivity contribution < 1.29 is 4.39 Å². The highest BCUT2D eigenvalue weighted by Crippen LogP contribution is 2.09. The number of hydrogen-bond donors (Lipinski definition) is 2. The van der Waals surface area contributed by atoms with E-state index < -0.39 is 0 Å². The molecule has 1 heterocycles. The van der Waals surface area contributed by atoms with E-state index in [2.05, 4.69) is 15.3 Å². The Bertz CT molecular complexity index is 813. The molecular weight excluding hydrogens is 257 g/mol. The highest BCUT2D eigenvalue weighted by Gasteiger charge is 2.03. The molecule has 4 nitrogen and oxygen atoms in total. The first kappa shape index (κ1) is 12.3. The van der Waals surface area contributed by atoms with E-state index >= 15 is 0 Å². The zero-order chi connectivity index (χ0) is 13.9. The van der Waals surface area contributed by atoms with Crippen molar-refractivity contribution in [3.8, 4) is 0 Å². The monoisotopic (exact) mass is 269 g/mol. The molecule has 0 unspecified atom stereocenters. The minimum Gasteiger partial charge on any atom is -0.352 e. The smallest absolute Gasteiger partial charge is 0.260 e. The van der Waals surface area contributed by atoms with E-state index in [-0.39, 0.29) is 11.4 Å². The summed E-state index contributed by atoms with van der Waals surface area (Å²) in [7, 11) is 0. The molecule has 0 radical (unpaired) electrons. The minimum atomic E-state index is -0.288. The third-order valence-electron chi connectivity index (χ3n) is 2.96. The Morgan fingerprint density at radius 3 is 2.85 bits per heavy atom. The molecule has 0 aliphatic carbocycles.